The Morgan fingerprint density at radius 1 is 1.12 bits per heavy atom. The molecule has 0 aliphatic heterocycles. The van der Waals surface area contributed by atoms with Crippen LogP contribution in [0, 0.1) is 13.8 Å². The maximum atomic E-state index is 11.5. The van der Waals surface area contributed by atoms with Gasteiger partial charge in [0.15, 0.2) is 15.8 Å². The van der Waals surface area contributed by atoms with E-state index in [9.17, 15) is 8.42 Å². The molecule has 0 unspecified atom stereocenters. The van der Waals surface area contributed by atoms with Crippen LogP contribution >= 0.6 is 0 Å². The number of hydrogen-bond acceptors (Lipinski definition) is 5. The molecule has 142 valence electrons. The van der Waals surface area contributed by atoms with E-state index in [-0.39, 0.29) is 0 Å². The first-order valence-corrected chi connectivity index (χ1v) is 10.4. The van der Waals surface area contributed by atoms with Crippen LogP contribution in [0.4, 0.5) is 0 Å². The van der Waals surface area contributed by atoms with Crippen molar-refractivity contribution in [2.45, 2.75) is 31.6 Å². The van der Waals surface area contributed by atoms with E-state index in [2.05, 4.69) is 20.8 Å². The molecule has 0 aliphatic carbocycles. The molecule has 2 rings (SSSR count). The first kappa shape index (κ1) is 20.0. The summed E-state index contributed by atoms with van der Waals surface area (Å²) in [6, 6.07) is 6.96. The van der Waals surface area contributed by atoms with Gasteiger partial charge < -0.3 is 15.2 Å². The highest BCUT2D eigenvalue weighted by atomic mass is 32.2. The maximum absolute atomic E-state index is 11.5. The van der Waals surface area contributed by atoms with Crippen molar-refractivity contribution in [3.05, 3.63) is 46.8 Å². The second-order valence-corrected chi connectivity index (χ2v) is 8.16. The lowest BCUT2D eigenvalue weighted by Crippen LogP contribution is -2.39. The van der Waals surface area contributed by atoms with Gasteiger partial charge in [0.05, 0.1) is 10.6 Å². The average Bonchev–Trinajstić information content (AvgIpc) is 2.92. The zero-order valence-corrected chi connectivity index (χ0v) is 16.5. The van der Waals surface area contributed by atoms with Gasteiger partial charge in [-0.1, -0.05) is 17.3 Å². The summed E-state index contributed by atoms with van der Waals surface area (Å²) in [7, 11) is -1.42. The summed E-state index contributed by atoms with van der Waals surface area (Å²) in [5, 5.41) is 10.5. The number of aromatic nitrogens is 1. The zero-order chi connectivity index (χ0) is 19.2. The van der Waals surface area contributed by atoms with Crippen LogP contribution < -0.4 is 10.6 Å². The van der Waals surface area contributed by atoms with Crippen LogP contribution in [-0.4, -0.2) is 45.9 Å². The molecular formula is C18H26N4O3S. The van der Waals surface area contributed by atoms with E-state index >= 15 is 0 Å². The second-order valence-electron chi connectivity index (χ2n) is 6.14. The molecule has 0 aliphatic rings. The number of nitrogens with one attached hydrogen (secondary N) is 2. The van der Waals surface area contributed by atoms with Crippen molar-refractivity contribution in [2.75, 3.05) is 26.4 Å². The molecule has 1 aromatic carbocycles. The third kappa shape index (κ3) is 5.59. The van der Waals surface area contributed by atoms with Crippen molar-refractivity contribution < 1.29 is 12.9 Å². The van der Waals surface area contributed by atoms with Gasteiger partial charge >= 0.3 is 0 Å². The Bertz CT molecular complexity index is 836. The highest BCUT2D eigenvalue weighted by Gasteiger charge is 2.09. The number of guanidine groups is 1. The molecule has 8 heteroatoms. The van der Waals surface area contributed by atoms with Gasteiger partial charge in [-0.05, 0) is 44.4 Å². The monoisotopic (exact) mass is 378 g/mol. The Morgan fingerprint density at radius 2 is 1.73 bits per heavy atom. The Kier molecular flexibility index (Phi) is 6.79. The zero-order valence-electron chi connectivity index (χ0n) is 15.7. The number of hydrogen-bond donors (Lipinski definition) is 2. The van der Waals surface area contributed by atoms with Gasteiger partial charge in [0, 0.05) is 32.0 Å². The first-order chi connectivity index (χ1) is 12.3. The predicted octanol–water partition coefficient (Wildman–Crippen LogP) is 1.65. The van der Waals surface area contributed by atoms with E-state index in [1.807, 2.05) is 26.0 Å². The number of benzene rings is 1. The first-order valence-electron chi connectivity index (χ1n) is 8.46. The van der Waals surface area contributed by atoms with Gasteiger partial charge in [-0.25, -0.2) is 8.42 Å². The van der Waals surface area contributed by atoms with Crippen molar-refractivity contribution in [2.24, 2.45) is 4.99 Å². The Balaban J connectivity index is 1.77. The van der Waals surface area contributed by atoms with Gasteiger partial charge in [0.1, 0.15) is 5.76 Å². The normalized spacial score (nSPS) is 12.2. The van der Waals surface area contributed by atoms with Crippen LogP contribution in [0.25, 0.3) is 0 Å². The Morgan fingerprint density at radius 3 is 2.23 bits per heavy atom. The molecule has 0 atom stereocenters. The van der Waals surface area contributed by atoms with Gasteiger partial charge in [-0.2, -0.15) is 0 Å². The maximum Gasteiger partial charge on any atom is 0.190 e. The van der Waals surface area contributed by atoms with E-state index in [1.165, 1.54) is 6.26 Å². The van der Waals surface area contributed by atoms with E-state index in [4.69, 9.17) is 4.52 Å². The highest BCUT2D eigenvalue weighted by Crippen LogP contribution is 2.12. The quantitative estimate of drug-likeness (QED) is 0.562. The minimum absolute atomic E-state index is 0.339. The van der Waals surface area contributed by atoms with E-state index in [0.29, 0.717) is 11.4 Å². The third-order valence-electron chi connectivity index (χ3n) is 4.13. The largest absolute Gasteiger partial charge is 0.361 e. The fourth-order valence-corrected chi connectivity index (χ4v) is 3.24. The topological polar surface area (TPSA) is 96.6 Å². The average molecular weight is 378 g/mol. The molecule has 2 N–H and O–H groups in total. The molecule has 0 fully saturated rings. The van der Waals surface area contributed by atoms with Crippen LogP contribution in [0.2, 0.25) is 0 Å². The van der Waals surface area contributed by atoms with E-state index < -0.39 is 9.84 Å². The highest BCUT2D eigenvalue weighted by molar-refractivity contribution is 7.90. The SMILES string of the molecule is CN=C(NCCc1ccc(S(C)(=O)=O)cc1)NCCc1c(C)noc1C. The fourth-order valence-electron chi connectivity index (χ4n) is 2.61. The van der Waals surface area contributed by atoms with E-state index in [0.717, 1.165) is 47.9 Å². The van der Waals surface area contributed by atoms with Crippen molar-refractivity contribution in [1.82, 2.24) is 15.8 Å². The van der Waals surface area contributed by atoms with Gasteiger partial charge in [-0.15, -0.1) is 0 Å². The van der Waals surface area contributed by atoms with Gasteiger partial charge in [0.2, 0.25) is 0 Å². The summed E-state index contributed by atoms with van der Waals surface area (Å²) in [4.78, 5) is 4.54. The van der Waals surface area contributed by atoms with Crippen molar-refractivity contribution >= 4 is 15.8 Å². The molecule has 0 radical (unpaired) electrons. The molecule has 0 bridgehead atoms. The Hall–Kier alpha value is -2.35. The lowest BCUT2D eigenvalue weighted by molar-refractivity contribution is 0.392. The van der Waals surface area contributed by atoms with E-state index in [1.54, 1.807) is 19.2 Å². The summed E-state index contributed by atoms with van der Waals surface area (Å²) in [5.74, 6) is 1.58. The predicted molar refractivity (Wildman–Crippen MR) is 102 cm³/mol. The molecule has 2 aromatic rings. The van der Waals surface area contributed by atoms with Gasteiger partial charge in [-0.3, -0.25) is 4.99 Å². The minimum atomic E-state index is -3.15. The summed E-state index contributed by atoms with van der Waals surface area (Å²) in [6.45, 7) is 5.28. The van der Waals surface area contributed by atoms with Crippen molar-refractivity contribution in [1.29, 1.82) is 0 Å². The summed E-state index contributed by atoms with van der Waals surface area (Å²) in [6.07, 6.45) is 2.80. The number of aryl methyl sites for hydroxylation is 2. The number of sulfone groups is 1. The lowest BCUT2D eigenvalue weighted by Gasteiger charge is -2.12. The second kappa shape index (κ2) is 8.84. The minimum Gasteiger partial charge on any atom is -0.361 e. The third-order valence-corrected chi connectivity index (χ3v) is 5.26. The molecule has 0 saturated carbocycles. The molecule has 1 aromatic heterocycles. The number of aliphatic imine (C=N–C) groups is 1. The van der Waals surface area contributed by atoms with Gasteiger partial charge in [0.25, 0.3) is 0 Å². The molecule has 1 heterocycles. The van der Waals surface area contributed by atoms with Crippen LogP contribution in [-0.2, 0) is 22.7 Å². The lowest BCUT2D eigenvalue weighted by atomic mass is 10.1. The smallest absolute Gasteiger partial charge is 0.190 e. The number of rotatable bonds is 7. The van der Waals surface area contributed by atoms with Crippen LogP contribution in [0.3, 0.4) is 0 Å². The summed E-state index contributed by atoms with van der Waals surface area (Å²) in [5.41, 5.74) is 3.11. The molecular weight excluding hydrogens is 352 g/mol. The summed E-state index contributed by atoms with van der Waals surface area (Å²) < 4.78 is 28.1. The van der Waals surface area contributed by atoms with Crippen molar-refractivity contribution in [3.63, 3.8) is 0 Å². The van der Waals surface area contributed by atoms with Crippen LogP contribution in [0.1, 0.15) is 22.6 Å². The Labute approximate surface area is 154 Å². The number of nitrogens with zero attached hydrogens (tertiary/aromatic N) is 2. The fraction of sp³-hybridized carbons (Fsp3) is 0.444. The molecule has 0 amide bonds. The van der Waals surface area contributed by atoms with Crippen LogP contribution in [0.5, 0.6) is 0 Å². The molecule has 0 spiro atoms. The van der Waals surface area contributed by atoms with Crippen LogP contribution in [0.15, 0.2) is 38.7 Å². The summed E-state index contributed by atoms with van der Waals surface area (Å²) >= 11 is 0. The molecule has 0 saturated heterocycles. The molecule has 7 nitrogen and oxygen atoms in total. The standard InChI is InChI=1S/C18H26N4O3S/c1-13-17(14(2)25-22-13)10-12-21-18(19-3)20-11-9-15-5-7-16(8-6-15)26(4,23)24/h5-8H,9-12H2,1-4H3,(H2,19,20,21). The molecule has 26 heavy (non-hydrogen) atoms. The van der Waals surface area contributed by atoms with Crippen molar-refractivity contribution in [3.8, 4) is 0 Å².